The van der Waals surface area contributed by atoms with Gasteiger partial charge in [0, 0.05) is 6.20 Å². The molecule has 1 aromatic heterocycles. The average Bonchev–Trinajstić information content (AvgIpc) is 2.17. The van der Waals surface area contributed by atoms with E-state index in [1.54, 1.807) is 31.4 Å². The standard InChI is InChI=1S/C9H14N2O2/c1-7(12)9(13,10-2)8-5-3-4-6-11-8/h3-7,10,12-13H,1-2H3. The molecule has 0 amide bonds. The first kappa shape index (κ1) is 10.1. The molecule has 3 N–H and O–H groups in total. The Labute approximate surface area is 77.2 Å². The topological polar surface area (TPSA) is 65.4 Å². The van der Waals surface area contributed by atoms with Crippen molar-refractivity contribution in [3.8, 4) is 0 Å². The van der Waals surface area contributed by atoms with Crippen LogP contribution in [0, 0.1) is 0 Å². The highest BCUT2D eigenvalue weighted by Crippen LogP contribution is 2.18. The van der Waals surface area contributed by atoms with Gasteiger partial charge in [-0.2, -0.15) is 0 Å². The van der Waals surface area contributed by atoms with Crippen LogP contribution < -0.4 is 5.32 Å². The third-order valence-electron chi connectivity index (χ3n) is 2.04. The van der Waals surface area contributed by atoms with E-state index in [2.05, 4.69) is 10.3 Å². The molecule has 0 aliphatic heterocycles. The van der Waals surface area contributed by atoms with E-state index in [0.29, 0.717) is 5.69 Å². The van der Waals surface area contributed by atoms with Gasteiger partial charge in [-0.1, -0.05) is 6.07 Å². The van der Waals surface area contributed by atoms with Crippen molar-refractivity contribution in [1.29, 1.82) is 0 Å². The van der Waals surface area contributed by atoms with E-state index < -0.39 is 11.8 Å². The number of nitrogens with zero attached hydrogens (tertiary/aromatic N) is 1. The van der Waals surface area contributed by atoms with Crippen LogP contribution in [-0.4, -0.2) is 28.3 Å². The van der Waals surface area contributed by atoms with E-state index in [0.717, 1.165) is 0 Å². The van der Waals surface area contributed by atoms with E-state index in [1.165, 1.54) is 6.92 Å². The Kier molecular flexibility index (Phi) is 2.98. The van der Waals surface area contributed by atoms with Crippen LogP contribution in [0.1, 0.15) is 12.6 Å². The van der Waals surface area contributed by atoms with Gasteiger partial charge in [-0.05, 0) is 26.1 Å². The Hall–Kier alpha value is -0.970. The molecule has 1 aromatic rings. The molecule has 13 heavy (non-hydrogen) atoms. The summed E-state index contributed by atoms with van der Waals surface area (Å²) in [5.41, 5.74) is -1.06. The lowest BCUT2D eigenvalue weighted by molar-refractivity contribution is -0.0950. The van der Waals surface area contributed by atoms with Crippen LogP contribution in [0.5, 0.6) is 0 Å². The lowest BCUT2D eigenvalue weighted by atomic mass is 10.0. The summed E-state index contributed by atoms with van der Waals surface area (Å²) in [6.07, 6.45) is 0.646. The number of aliphatic hydroxyl groups is 2. The van der Waals surface area contributed by atoms with Crippen molar-refractivity contribution in [1.82, 2.24) is 10.3 Å². The lowest BCUT2D eigenvalue weighted by Gasteiger charge is -2.29. The monoisotopic (exact) mass is 182 g/mol. The van der Waals surface area contributed by atoms with E-state index >= 15 is 0 Å². The molecule has 4 heteroatoms. The van der Waals surface area contributed by atoms with Gasteiger partial charge in [0.2, 0.25) is 0 Å². The second-order valence-electron chi connectivity index (χ2n) is 2.91. The molecular weight excluding hydrogens is 168 g/mol. The van der Waals surface area contributed by atoms with Crippen molar-refractivity contribution in [2.45, 2.75) is 18.8 Å². The highest BCUT2D eigenvalue weighted by atomic mass is 16.4. The van der Waals surface area contributed by atoms with Crippen molar-refractivity contribution >= 4 is 0 Å². The molecule has 2 atom stereocenters. The molecule has 0 fully saturated rings. The molecule has 0 spiro atoms. The first-order valence-corrected chi connectivity index (χ1v) is 4.12. The molecule has 0 saturated heterocycles. The summed E-state index contributed by atoms with van der Waals surface area (Å²) in [7, 11) is 1.57. The van der Waals surface area contributed by atoms with Crippen LogP contribution in [0.15, 0.2) is 24.4 Å². The highest BCUT2D eigenvalue weighted by molar-refractivity contribution is 5.13. The number of hydrogen-bond acceptors (Lipinski definition) is 4. The van der Waals surface area contributed by atoms with Crippen molar-refractivity contribution in [3.05, 3.63) is 30.1 Å². The van der Waals surface area contributed by atoms with Gasteiger partial charge in [-0.15, -0.1) is 0 Å². The molecule has 1 heterocycles. The number of rotatable bonds is 3. The third kappa shape index (κ3) is 1.85. The van der Waals surface area contributed by atoms with Crippen LogP contribution >= 0.6 is 0 Å². The zero-order valence-electron chi connectivity index (χ0n) is 7.73. The summed E-state index contributed by atoms with van der Waals surface area (Å²) in [6.45, 7) is 1.51. The minimum Gasteiger partial charge on any atom is -0.389 e. The maximum absolute atomic E-state index is 9.94. The fourth-order valence-electron chi connectivity index (χ4n) is 1.14. The number of hydrogen-bond donors (Lipinski definition) is 3. The van der Waals surface area contributed by atoms with Gasteiger partial charge in [0.15, 0.2) is 5.72 Å². The molecular formula is C9H14N2O2. The fourth-order valence-corrected chi connectivity index (χ4v) is 1.14. The predicted molar refractivity (Wildman–Crippen MR) is 48.9 cm³/mol. The number of aromatic nitrogens is 1. The minimum atomic E-state index is -1.47. The van der Waals surface area contributed by atoms with E-state index in [4.69, 9.17) is 0 Å². The SMILES string of the molecule is CNC(O)(c1ccccn1)C(C)O. The van der Waals surface area contributed by atoms with E-state index in [-0.39, 0.29) is 0 Å². The van der Waals surface area contributed by atoms with E-state index in [9.17, 15) is 10.2 Å². The molecule has 0 aliphatic carbocycles. The Morgan fingerprint density at radius 1 is 1.54 bits per heavy atom. The molecule has 1 rings (SSSR count). The second kappa shape index (κ2) is 3.83. The maximum atomic E-state index is 9.94. The van der Waals surface area contributed by atoms with Gasteiger partial charge < -0.3 is 10.2 Å². The first-order chi connectivity index (χ1) is 6.11. The zero-order valence-corrected chi connectivity index (χ0v) is 7.73. The second-order valence-corrected chi connectivity index (χ2v) is 2.91. The molecule has 72 valence electrons. The number of likely N-dealkylation sites (N-methyl/N-ethyl adjacent to an activating group) is 1. The minimum absolute atomic E-state index is 0.410. The summed E-state index contributed by atoms with van der Waals surface area (Å²) in [5.74, 6) is 0. The molecule has 2 unspecified atom stereocenters. The Bertz CT molecular complexity index is 264. The first-order valence-electron chi connectivity index (χ1n) is 4.12. The Morgan fingerprint density at radius 3 is 2.62 bits per heavy atom. The van der Waals surface area contributed by atoms with Crippen LogP contribution in [0.4, 0.5) is 0 Å². The van der Waals surface area contributed by atoms with Crippen molar-refractivity contribution in [3.63, 3.8) is 0 Å². The van der Waals surface area contributed by atoms with Crippen molar-refractivity contribution in [2.75, 3.05) is 7.05 Å². The Morgan fingerprint density at radius 2 is 2.23 bits per heavy atom. The Balaban J connectivity index is 3.03. The van der Waals surface area contributed by atoms with Gasteiger partial charge in [0.1, 0.15) is 0 Å². The largest absolute Gasteiger partial charge is 0.389 e. The van der Waals surface area contributed by atoms with Gasteiger partial charge in [-0.25, -0.2) is 0 Å². The summed E-state index contributed by atoms with van der Waals surface area (Å²) in [5, 5.41) is 22.0. The third-order valence-corrected chi connectivity index (χ3v) is 2.04. The highest BCUT2D eigenvalue weighted by Gasteiger charge is 2.34. The smallest absolute Gasteiger partial charge is 0.185 e. The lowest BCUT2D eigenvalue weighted by Crippen LogP contribution is -2.49. The fraction of sp³-hybridized carbons (Fsp3) is 0.444. The normalized spacial score (nSPS) is 17.8. The summed E-state index contributed by atoms with van der Waals surface area (Å²) in [4.78, 5) is 3.97. The summed E-state index contributed by atoms with van der Waals surface area (Å²) in [6, 6.07) is 5.16. The summed E-state index contributed by atoms with van der Waals surface area (Å²) >= 11 is 0. The van der Waals surface area contributed by atoms with Crippen LogP contribution in [0.2, 0.25) is 0 Å². The van der Waals surface area contributed by atoms with Crippen LogP contribution in [0.25, 0.3) is 0 Å². The van der Waals surface area contributed by atoms with Gasteiger partial charge in [0.25, 0.3) is 0 Å². The predicted octanol–water partition coefficient (Wildman–Crippen LogP) is -0.173. The quantitative estimate of drug-likeness (QED) is 0.568. The van der Waals surface area contributed by atoms with Gasteiger partial charge >= 0.3 is 0 Å². The number of pyridine rings is 1. The van der Waals surface area contributed by atoms with Crippen LogP contribution in [0.3, 0.4) is 0 Å². The molecule has 0 aliphatic rings. The zero-order chi connectivity index (χ0) is 9.90. The van der Waals surface area contributed by atoms with Crippen LogP contribution in [-0.2, 0) is 5.72 Å². The van der Waals surface area contributed by atoms with Crippen molar-refractivity contribution < 1.29 is 10.2 Å². The molecule has 4 nitrogen and oxygen atoms in total. The van der Waals surface area contributed by atoms with Gasteiger partial charge in [0.05, 0.1) is 11.8 Å². The molecule has 0 radical (unpaired) electrons. The van der Waals surface area contributed by atoms with Crippen molar-refractivity contribution in [2.24, 2.45) is 0 Å². The molecule has 0 bridgehead atoms. The number of aliphatic hydroxyl groups excluding tert-OH is 1. The van der Waals surface area contributed by atoms with E-state index in [1.807, 2.05) is 0 Å². The molecule has 0 saturated carbocycles. The average molecular weight is 182 g/mol. The number of nitrogens with one attached hydrogen (secondary N) is 1. The summed E-state index contributed by atoms with van der Waals surface area (Å²) < 4.78 is 0. The molecule has 0 aromatic carbocycles. The maximum Gasteiger partial charge on any atom is 0.185 e. The van der Waals surface area contributed by atoms with Gasteiger partial charge in [-0.3, -0.25) is 10.3 Å².